The Hall–Kier alpha value is 0.130. The highest BCUT2D eigenvalue weighted by Gasteiger charge is 2.00. The van der Waals surface area contributed by atoms with Crippen LogP contribution in [0.25, 0.3) is 10.2 Å². The molecule has 1 heterocycles. The van der Waals surface area contributed by atoms with Crippen LogP contribution in [0.3, 0.4) is 0 Å². The van der Waals surface area contributed by atoms with Gasteiger partial charge in [-0.15, -0.1) is 11.3 Å². The highest BCUT2D eigenvalue weighted by atomic mass is 127. The number of rotatable bonds is 0. The SMILES string of the molecule is Clc1ccc2sc(I)nc2c1. The summed E-state index contributed by atoms with van der Waals surface area (Å²) in [5, 5.41) is 0.749. The second kappa shape index (κ2) is 2.88. The number of hydrogen-bond donors (Lipinski definition) is 0. The lowest BCUT2D eigenvalue weighted by molar-refractivity contribution is 1.45. The third kappa shape index (κ3) is 1.50. The average Bonchev–Trinajstić information content (AvgIpc) is 2.27. The molecular weight excluding hydrogens is 293 g/mol. The van der Waals surface area contributed by atoms with E-state index in [1.54, 1.807) is 11.3 Å². The summed E-state index contributed by atoms with van der Waals surface area (Å²) < 4.78 is 2.25. The molecule has 1 nitrogen and oxygen atoms in total. The van der Waals surface area contributed by atoms with Gasteiger partial charge in [0.05, 0.1) is 10.2 Å². The second-order valence-electron chi connectivity index (χ2n) is 2.08. The van der Waals surface area contributed by atoms with Gasteiger partial charge in [0, 0.05) is 5.02 Å². The van der Waals surface area contributed by atoms with Crippen molar-refractivity contribution in [3.63, 3.8) is 0 Å². The predicted octanol–water partition coefficient (Wildman–Crippen LogP) is 3.55. The van der Waals surface area contributed by atoms with Gasteiger partial charge in [0.25, 0.3) is 0 Å². The van der Waals surface area contributed by atoms with Gasteiger partial charge in [-0.3, -0.25) is 0 Å². The summed E-state index contributed by atoms with van der Waals surface area (Å²) in [6.07, 6.45) is 0. The maximum absolute atomic E-state index is 5.79. The zero-order valence-corrected chi connectivity index (χ0v) is 9.07. The van der Waals surface area contributed by atoms with E-state index in [1.807, 2.05) is 18.2 Å². The Morgan fingerprint density at radius 1 is 1.45 bits per heavy atom. The Morgan fingerprint density at radius 3 is 3.09 bits per heavy atom. The summed E-state index contributed by atoms with van der Waals surface area (Å²) >= 11 is 9.68. The van der Waals surface area contributed by atoms with Crippen LogP contribution in [0.4, 0.5) is 0 Å². The van der Waals surface area contributed by atoms with E-state index >= 15 is 0 Å². The summed E-state index contributed by atoms with van der Waals surface area (Å²) in [7, 11) is 0. The maximum atomic E-state index is 5.79. The fraction of sp³-hybridized carbons (Fsp3) is 0. The summed E-state index contributed by atoms with van der Waals surface area (Å²) in [6, 6.07) is 5.77. The van der Waals surface area contributed by atoms with Gasteiger partial charge in [-0.1, -0.05) is 11.6 Å². The van der Waals surface area contributed by atoms with Crippen LogP contribution < -0.4 is 0 Å². The number of benzene rings is 1. The Kier molecular flexibility index (Phi) is 2.03. The first-order valence-corrected chi connectivity index (χ1v) is 5.24. The molecule has 2 rings (SSSR count). The molecule has 1 aromatic heterocycles. The van der Waals surface area contributed by atoms with Gasteiger partial charge < -0.3 is 0 Å². The average molecular weight is 296 g/mol. The van der Waals surface area contributed by atoms with Crippen molar-refractivity contribution in [2.24, 2.45) is 0 Å². The first-order chi connectivity index (χ1) is 5.25. The largest absolute Gasteiger partial charge is 0.230 e. The molecule has 0 aliphatic heterocycles. The Balaban J connectivity index is 2.82. The Morgan fingerprint density at radius 2 is 2.27 bits per heavy atom. The van der Waals surface area contributed by atoms with Crippen LogP contribution in [0.2, 0.25) is 5.02 Å². The molecule has 56 valence electrons. The van der Waals surface area contributed by atoms with Crippen LogP contribution in [-0.2, 0) is 0 Å². The van der Waals surface area contributed by atoms with Crippen LogP contribution in [0.1, 0.15) is 0 Å². The molecule has 0 aliphatic carbocycles. The van der Waals surface area contributed by atoms with Crippen LogP contribution >= 0.6 is 45.5 Å². The van der Waals surface area contributed by atoms with Crippen molar-refractivity contribution >= 4 is 55.7 Å². The Labute approximate surface area is 86.5 Å². The summed E-state index contributed by atoms with van der Waals surface area (Å²) in [5.74, 6) is 0. The van der Waals surface area contributed by atoms with E-state index in [0.29, 0.717) is 0 Å². The van der Waals surface area contributed by atoms with Crippen molar-refractivity contribution in [2.75, 3.05) is 0 Å². The maximum Gasteiger partial charge on any atom is 0.155 e. The third-order valence-corrected chi connectivity index (χ3v) is 3.29. The van der Waals surface area contributed by atoms with Crippen molar-refractivity contribution in [1.29, 1.82) is 0 Å². The van der Waals surface area contributed by atoms with Crippen molar-refractivity contribution in [3.05, 3.63) is 26.2 Å². The molecule has 0 fully saturated rings. The molecule has 0 atom stereocenters. The fourth-order valence-electron chi connectivity index (χ4n) is 0.872. The fourth-order valence-corrected chi connectivity index (χ4v) is 2.68. The summed E-state index contributed by atoms with van der Waals surface area (Å²) in [4.78, 5) is 4.29. The topological polar surface area (TPSA) is 12.9 Å². The molecule has 0 bridgehead atoms. The number of fused-ring (bicyclic) bond motifs is 1. The lowest BCUT2D eigenvalue weighted by Gasteiger charge is -1.86. The first-order valence-electron chi connectivity index (χ1n) is 2.97. The van der Waals surface area contributed by atoms with Crippen molar-refractivity contribution < 1.29 is 0 Å². The molecule has 0 saturated carbocycles. The summed E-state index contributed by atoms with van der Waals surface area (Å²) in [5.41, 5.74) is 0.993. The van der Waals surface area contributed by atoms with E-state index in [2.05, 4.69) is 27.6 Å². The molecule has 1 aromatic carbocycles. The molecule has 0 unspecified atom stereocenters. The van der Waals surface area contributed by atoms with Gasteiger partial charge in [0.15, 0.2) is 3.01 Å². The molecular formula is C7H3ClINS. The van der Waals surface area contributed by atoms with Gasteiger partial charge in [-0.25, -0.2) is 4.98 Å². The first kappa shape index (κ1) is 7.76. The van der Waals surface area contributed by atoms with Gasteiger partial charge in [0.2, 0.25) is 0 Å². The van der Waals surface area contributed by atoms with Gasteiger partial charge in [0.1, 0.15) is 0 Å². The molecule has 11 heavy (non-hydrogen) atoms. The van der Waals surface area contributed by atoms with Gasteiger partial charge >= 0.3 is 0 Å². The van der Waals surface area contributed by atoms with Crippen LogP contribution in [-0.4, -0.2) is 4.98 Å². The molecule has 0 aliphatic rings. The zero-order chi connectivity index (χ0) is 7.84. The van der Waals surface area contributed by atoms with Crippen LogP contribution in [0.5, 0.6) is 0 Å². The van der Waals surface area contributed by atoms with Crippen LogP contribution in [0, 0.1) is 3.01 Å². The minimum atomic E-state index is 0.749. The molecule has 0 saturated heterocycles. The van der Waals surface area contributed by atoms with Crippen molar-refractivity contribution in [3.8, 4) is 0 Å². The number of nitrogens with zero attached hydrogens (tertiary/aromatic N) is 1. The minimum absolute atomic E-state index is 0.749. The highest BCUT2D eigenvalue weighted by Crippen LogP contribution is 2.25. The van der Waals surface area contributed by atoms with E-state index < -0.39 is 0 Å². The van der Waals surface area contributed by atoms with Crippen LogP contribution in [0.15, 0.2) is 18.2 Å². The number of aromatic nitrogens is 1. The minimum Gasteiger partial charge on any atom is -0.230 e. The highest BCUT2D eigenvalue weighted by molar-refractivity contribution is 14.1. The van der Waals surface area contributed by atoms with Gasteiger partial charge in [-0.05, 0) is 40.8 Å². The van der Waals surface area contributed by atoms with E-state index in [-0.39, 0.29) is 0 Å². The summed E-state index contributed by atoms with van der Waals surface area (Å²) in [6.45, 7) is 0. The third-order valence-electron chi connectivity index (χ3n) is 1.32. The molecule has 2 aromatic rings. The van der Waals surface area contributed by atoms with E-state index in [1.165, 1.54) is 4.70 Å². The molecule has 0 radical (unpaired) electrons. The monoisotopic (exact) mass is 295 g/mol. The number of halogens is 2. The van der Waals surface area contributed by atoms with E-state index in [0.717, 1.165) is 13.6 Å². The van der Waals surface area contributed by atoms with E-state index in [9.17, 15) is 0 Å². The lowest BCUT2D eigenvalue weighted by Crippen LogP contribution is -1.67. The quantitative estimate of drug-likeness (QED) is 0.677. The molecule has 4 heteroatoms. The normalized spacial score (nSPS) is 10.7. The van der Waals surface area contributed by atoms with Crippen molar-refractivity contribution in [1.82, 2.24) is 4.98 Å². The standard InChI is InChI=1S/C7H3ClINS/c8-4-1-2-6-5(3-4)10-7(9)11-6/h1-3H. The number of hydrogen-bond acceptors (Lipinski definition) is 2. The van der Waals surface area contributed by atoms with E-state index in [4.69, 9.17) is 11.6 Å². The van der Waals surface area contributed by atoms with Crippen molar-refractivity contribution in [2.45, 2.75) is 0 Å². The smallest absolute Gasteiger partial charge is 0.155 e. The molecule has 0 amide bonds. The zero-order valence-electron chi connectivity index (χ0n) is 5.34. The molecule has 0 N–H and O–H groups in total. The molecule has 0 spiro atoms. The van der Waals surface area contributed by atoms with Gasteiger partial charge in [-0.2, -0.15) is 0 Å². The lowest BCUT2D eigenvalue weighted by atomic mass is 10.3. The number of thiazole rings is 1. The predicted molar refractivity (Wildman–Crippen MR) is 57.3 cm³/mol. The Bertz CT molecular complexity index is 398. The second-order valence-corrected chi connectivity index (χ2v) is 5.30.